The molecule has 0 spiro atoms. The number of carbonyl (C=O) groups is 6. The van der Waals surface area contributed by atoms with Crippen LogP contribution in [-0.2, 0) is 62.4 Å². The Morgan fingerprint density at radius 3 is 2.45 bits per heavy atom. The third-order valence-corrected chi connectivity index (χ3v) is 14.7. The summed E-state index contributed by atoms with van der Waals surface area (Å²) >= 11 is 6.80. The molecule has 410 valence electrons. The lowest BCUT2D eigenvalue weighted by atomic mass is 9.83. The second-order valence-electron chi connectivity index (χ2n) is 19.6. The van der Waals surface area contributed by atoms with Crippen molar-refractivity contribution in [1.29, 1.82) is 0 Å². The number of allylic oxidation sites excluding steroid dienone is 3. The number of amides is 5. The van der Waals surface area contributed by atoms with E-state index in [1.807, 2.05) is 56.4 Å². The van der Waals surface area contributed by atoms with Gasteiger partial charge in [0.25, 0.3) is 11.8 Å². The number of fused-ring (bicyclic) bond motifs is 6. The molecule has 10 atom stereocenters. The van der Waals surface area contributed by atoms with Crippen LogP contribution >= 0.6 is 11.6 Å². The Bertz CT molecular complexity index is 2660. The van der Waals surface area contributed by atoms with Crippen LogP contribution in [-0.4, -0.2) is 175 Å². The lowest BCUT2D eigenvalue weighted by molar-refractivity contribution is -0.166. The molecule has 0 saturated carbocycles. The van der Waals surface area contributed by atoms with Crippen LogP contribution in [0, 0.1) is 5.92 Å². The minimum Gasteiger partial charge on any atom is -0.495 e. The summed E-state index contributed by atoms with van der Waals surface area (Å²) in [6.45, 7) is 7.33. The number of nitrogens with zero attached hydrogens (tertiary/aromatic N) is 4. The topological polar surface area (TPSA) is 275 Å². The highest BCUT2D eigenvalue weighted by Gasteiger charge is 2.64. The molecule has 23 heteroatoms. The van der Waals surface area contributed by atoms with Gasteiger partial charge in [-0.25, -0.2) is 14.6 Å². The van der Waals surface area contributed by atoms with Crippen LogP contribution in [0.25, 0.3) is 10.9 Å². The van der Waals surface area contributed by atoms with Crippen LogP contribution < -0.4 is 31.0 Å². The molecule has 6 rings (SSSR count). The number of para-hydroxylation sites is 1. The maximum absolute atomic E-state index is 14.4. The number of ether oxygens (including phenoxy) is 5. The van der Waals surface area contributed by atoms with Gasteiger partial charge in [-0.1, -0.05) is 60.5 Å². The van der Waals surface area contributed by atoms with E-state index in [1.165, 1.54) is 33.1 Å². The molecule has 4 heterocycles. The second kappa shape index (κ2) is 24.7. The van der Waals surface area contributed by atoms with E-state index < -0.39 is 96.1 Å². The van der Waals surface area contributed by atoms with Gasteiger partial charge >= 0.3 is 12.1 Å². The predicted molar refractivity (Wildman–Crippen MR) is 276 cm³/mol. The molecule has 3 aliphatic rings. The zero-order valence-electron chi connectivity index (χ0n) is 44.0. The van der Waals surface area contributed by atoms with E-state index in [2.05, 4.69) is 32.0 Å². The highest BCUT2D eigenvalue weighted by Crippen LogP contribution is 2.49. The summed E-state index contributed by atoms with van der Waals surface area (Å²) in [5.74, 6) is -4.58. The molecule has 2 fully saturated rings. The maximum Gasteiger partial charge on any atom is 0.409 e. The van der Waals surface area contributed by atoms with E-state index in [1.54, 1.807) is 38.1 Å². The molecule has 1 aromatic heterocycles. The van der Waals surface area contributed by atoms with Crippen molar-refractivity contribution in [3.8, 4) is 5.75 Å². The first-order chi connectivity index (χ1) is 35.5. The molecule has 22 nitrogen and oxygen atoms in total. The molecule has 2 saturated heterocycles. The zero-order valence-corrected chi connectivity index (χ0v) is 44.8. The van der Waals surface area contributed by atoms with Crippen molar-refractivity contribution in [2.75, 3.05) is 60.4 Å². The second-order valence-corrected chi connectivity index (χ2v) is 19.9. The summed E-state index contributed by atoms with van der Waals surface area (Å²) in [5.41, 5.74) is 3.63. The van der Waals surface area contributed by atoms with Crippen LogP contribution in [0.2, 0.25) is 5.02 Å². The Hall–Kier alpha value is -6.11. The van der Waals surface area contributed by atoms with Crippen molar-refractivity contribution in [3.05, 3.63) is 82.5 Å². The average molecular weight is 1070 g/mol. The van der Waals surface area contributed by atoms with E-state index in [0.29, 0.717) is 30.9 Å². The number of rotatable bonds is 17. The Morgan fingerprint density at radius 2 is 1.76 bits per heavy atom. The highest BCUT2D eigenvalue weighted by molar-refractivity contribution is 6.35. The Labute approximate surface area is 441 Å². The van der Waals surface area contributed by atoms with E-state index in [9.17, 15) is 44.1 Å². The van der Waals surface area contributed by atoms with Crippen molar-refractivity contribution in [1.82, 2.24) is 35.9 Å². The Balaban J connectivity index is 1.12. The third-order valence-electron chi connectivity index (χ3n) is 14.3. The van der Waals surface area contributed by atoms with Crippen molar-refractivity contribution < 1.29 is 67.8 Å². The number of aryl methyl sites for hydroxylation is 1. The smallest absolute Gasteiger partial charge is 0.409 e. The predicted octanol–water partition coefficient (Wildman–Crippen LogP) is 2.08. The first-order valence-corrected chi connectivity index (χ1v) is 25.1. The minimum atomic E-state index is -2.33. The monoisotopic (exact) mass is 1070 g/mol. The van der Waals surface area contributed by atoms with Gasteiger partial charge in [0.1, 0.15) is 40.7 Å². The number of aliphatic hydroxyl groups excluding tert-OH is 2. The van der Waals surface area contributed by atoms with Gasteiger partial charge < -0.3 is 64.0 Å². The molecule has 3 aliphatic heterocycles. The van der Waals surface area contributed by atoms with Gasteiger partial charge in [0.15, 0.2) is 17.9 Å². The van der Waals surface area contributed by atoms with Gasteiger partial charge in [0, 0.05) is 77.9 Å². The number of hydrogen-bond donors (Lipinski definition) is 7. The van der Waals surface area contributed by atoms with Crippen molar-refractivity contribution in [3.63, 3.8) is 0 Å². The fourth-order valence-electron chi connectivity index (χ4n) is 9.46. The van der Waals surface area contributed by atoms with E-state index in [-0.39, 0.29) is 36.9 Å². The molecule has 1 unspecified atom stereocenters. The number of hydrazine groups is 1. The van der Waals surface area contributed by atoms with E-state index in [0.717, 1.165) is 39.7 Å². The molecular weight excluding hydrogens is 996 g/mol. The number of halogens is 1. The first kappa shape index (κ1) is 58.2. The number of alkyl carbamates (subject to hydrolysis) is 1. The fourth-order valence-corrected chi connectivity index (χ4v) is 9.77. The summed E-state index contributed by atoms with van der Waals surface area (Å²) < 4.78 is 31.3. The van der Waals surface area contributed by atoms with Crippen LogP contribution in [0.15, 0.2) is 66.3 Å². The SMILES string of the molecule is CNN(C)Cc1cc2ccccc2n1CCC(=O)NCCNC(=O)[C@H](O)[C@H](O)C(=O)N(C)[C@@H](C)C(=O)O[C@H]1CC(=O)N(C)c2cc(cc(OC)c2Cl)C/C(C)=C/C=C/[C@@H](OC)[C@@]2(O)C[C@H](OC(=O)N2)[C@@H](C)[C@@H]2OC12C. The van der Waals surface area contributed by atoms with Crippen LogP contribution in [0.3, 0.4) is 0 Å². The van der Waals surface area contributed by atoms with Gasteiger partial charge in [0.2, 0.25) is 11.8 Å². The largest absolute Gasteiger partial charge is 0.495 e. The number of likely N-dealkylation sites (N-methyl/N-ethyl adjacent to an activating group) is 1. The summed E-state index contributed by atoms with van der Waals surface area (Å²) in [4.78, 5) is 82.9. The molecular formula is C52H71ClN8O14. The number of methoxy groups -OCH3 is 2. The quantitative estimate of drug-likeness (QED) is 0.0441. The molecule has 2 aromatic carbocycles. The number of epoxide rings is 1. The van der Waals surface area contributed by atoms with Crippen LogP contribution in [0.5, 0.6) is 5.75 Å². The molecule has 4 bridgehead atoms. The summed E-state index contributed by atoms with van der Waals surface area (Å²) in [7, 11) is 9.22. The fraction of sp³-hybridized carbons (Fsp3) is 0.538. The lowest BCUT2D eigenvalue weighted by Crippen LogP contribution is -2.63. The number of aromatic nitrogens is 1. The van der Waals surface area contributed by atoms with Gasteiger partial charge in [-0.05, 0) is 69.5 Å². The normalized spacial score (nSPS) is 26.4. The number of nitrogens with one attached hydrogen (secondary N) is 4. The number of benzene rings is 2. The van der Waals surface area contributed by atoms with E-state index >= 15 is 0 Å². The molecule has 3 aromatic rings. The molecule has 0 aliphatic carbocycles. The summed E-state index contributed by atoms with van der Waals surface area (Å²) in [6, 6.07) is 11.9. The molecule has 5 amide bonds. The van der Waals surface area contributed by atoms with Crippen LogP contribution in [0.1, 0.15) is 58.2 Å². The minimum absolute atomic E-state index is 0.0182. The maximum atomic E-state index is 14.4. The molecule has 75 heavy (non-hydrogen) atoms. The number of hydrogen-bond acceptors (Lipinski definition) is 16. The average Bonchev–Trinajstić information content (AvgIpc) is 3.96. The van der Waals surface area contributed by atoms with Crippen molar-refractivity contribution >= 4 is 63.9 Å². The first-order valence-electron chi connectivity index (χ1n) is 24.7. The standard InChI is InChI=1S/C52H71ClN8O14/c1-29-14-13-17-39(72-10)52(70)27-38(73-50(69)57-52)30(2)46-51(4,75-46)40(26-42(63)60(8)36-23-32(22-29)24-37(71-9)43(36)53)74-49(68)31(3)59(7)48(67)45(65)44(64)47(66)56-20-19-55-41(62)18-21-61-34(28-58(6)54-5)25-33-15-11-12-16-35(33)61/h11-17,23-25,30-31,38-40,44-46,54,64-65,70H,18-22,26-28H2,1-10H3,(H,55,62)(H,56,66)(H,57,69)/b17-13+,29-14+/t30-,31+,38+,39-,40+,44-,45+,46+,51?,52+/m1/s1. The van der Waals surface area contributed by atoms with Gasteiger partial charge in [-0.15, -0.1) is 0 Å². The number of anilines is 1. The number of carbonyl (C=O) groups excluding carboxylic acids is 6. The highest BCUT2D eigenvalue weighted by atomic mass is 35.5. The van der Waals surface area contributed by atoms with Gasteiger partial charge in [-0.3, -0.25) is 29.9 Å². The Kier molecular flexibility index (Phi) is 19.2. The number of aliphatic hydroxyl groups is 3. The lowest BCUT2D eigenvalue weighted by Gasteiger charge is -2.42. The molecule has 7 N–H and O–H groups in total. The summed E-state index contributed by atoms with van der Waals surface area (Å²) in [6.07, 6.45) is -4.64. The van der Waals surface area contributed by atoms with Gasteiger partial charge in [0.05, 0.1) is 31.9 Å². The molecule has 0 radical (unpaired) electrons. The third kappa shape index (κ3) is 13.5. The van der Waals surface area contributed by atoms with Crippen molar-refractivity contribution in [2.45, 2.75) is 120 Å². The number of esters is 1. The van der Waals surface area contributed by atoms with E-state index in [4.69, 9.17) is 35.3 Å². The van der Waals surface area contributed by atoms with Crippen LogP contribution in [0.4, 0.5) is 10.5 Å². The Morgan fingerprint density at radius 1 is 1.05 bits per heavy atom. The van der Waals surface area contributed by atoms with Gasteiger partial charge in [-0.2, -0.15) is 0 Å². The van der Waals surface area contributed by atoms with Crippen molar-refractivity contribution in [2.24, 2.45) is 5.92 Å². The summed E-state index contributed by atoms with van der Waals surface area (Å²) in [5, 5.41) is 44.2. The zero-order chi connectivity index (χ0) is 55.1.